The Morgan fingerprint density at radius 1 is 1.37 bits per heavy atom. The van der Waals surface area contributed by atoms with E-state index in [1.807, 2.05) is 11.4 Å². The van der Waals surface area contributed by atoms with E-state index in [1.54, 1.807) is 18.4 Å². The van der Waals surface area contributed by atoms with Crippen molar-refractivity contribution in [2.75, 3.05) is 44.0 Å². The SMILES string of the molecule is CNc1nc(NCCCOCCO)c2ccsc2n1. The third-order valence-corrected chi connectivity index (χ3v) is 3.35. The molecule has 19 heavy (non-hydrogen) atoms. The van der Waals surface area contributed by atoms with Crippen molar-refractivity contribution in [1.82, 2.24) is 9.97 Å². The summed E-state index contributed by atoms with van der Waals surface area (Å²) in [5.41, 5.74) is 0. The second kappa shape index (κ2) is 7.22. The number of anilines is 2. The van der Waals surface area contributed by atoms with Gasteiger partial charge >= 0.3 is 0 Å². The highest BCUT2D eigenvalue weighted by atomic mass is 32.1. The maximum atomic E-state index is 8.59. The number of nitrogens with zero attached hydrogens (tertiary/aromatic N) is 2. The number of rotatable bonds is 8. The highest BCUT2D eigenvalue weighted by Gasteiger charge is 2.07. The van der Waals surface area contributed by atoms with Crippen LogP contribution in [0.2, 0.25) is 0 Å². The van der Waals surface area contributed by atoms with Crippen LogP contribution in [0.4, 0.5) is 11.8 Å². The highest BCUT2D eigenvalue weighted by Crippen LogP contribution is 2.26. The Hall–Kier alpha value is -1.44. The lowest BCUT2D eigenvalue weighted by Crippen LogP contribution is -2.09. The second-order valence-corrected chi connectivity index (χ2v) is 4.80. The third-order valence-electron chi connectivity index (χ3n) is 2.54. The van der Waals surface area contributed by atoms with Crippen molar-refractivity contribution in [1.29, 1.82) is 0 Å². The summed E-state index contributed by atoms with van der Waals surface area (Å²) in [5, 5.41) is 17.9. The van der Waals surface area contributed by atoms with E-state index in [-0.39, 0.29) is 6.61 Å². The molecule has 2 rings (SSSR count). The van der Waals surface area contributed by atoms with Gasteiger partial charge in [-0.3, -0.25) is 0 Å². The van der Waals surface area contributed by atoms with Crippen molar-refractivity contribution >= 4 is 33.3 Å². The van der Waals surface area contributed by atoms with Crippen LogP contribution in [0.15, 0.2) is 11.4 Å². The molecule has 0 aromatic carbocycles. The van der Waals surface area contributed by atoms with Crippen LogP contribution in [0.25, 0.3) is 10.2 Å². The number of fused-ring (bicyclic) bond motifs is 1. The fourth-order valence-electron chi connectivity index (χ4n) is 1.65. The number of nitrogens with one attached hydrogen (secondary N) is 2. The molecule has 0 atom stereocenters. The van der Waals surface area contributed by atoms with Crippen molar-refractivity contribution in [3.05, 3.63) is 11.4 Å². The lowest BCUT2D eigenvalue weighted by molar-refractivity contribution is 0.0922. The highest BCUT2D eigenvalue weighted by molar-refractivity contribution is 7.16. The number of hydrogen-bond donors (Lipinski definition) is 3. The minimum Gasteiger partial charge on any atom is -0.394 e. The fourth-order valence-corrected chi connectivity index (χ4v) is 2.41. The molecule has 2 aromatic rings. The van der Waals surface area contributed by atoms with Gasteiger partial charge in [-0.1, -0.05) is 0 Å². The molecule has 0 saturated carbocycles. The molecule has 0 saturated heterocycles. The van der Waals surface area contributed by atoms with Crippen molar-refractivity contribution in [2.24, 2.45) is 0 Å². The molecule has 0 radical (unpaired) electrons. The monoisotopic (exact) mass is 282 g/mol. The van der Waals surface area contributed by atoms with Crippen LogP contribution >= 0.6 is 11.3 Å². The zero-order valence-corrected chi connectivity index (χ0v) is 11.7. The first kappa shape index (κ1) is 14.0. The molecule has 2 heterocycles. The van der Waals surface area contributed by atoms with Crippen LogP contribution in [-0.4, -0.2) is 48.5 Å². The zero-order valence-electron chi connectivity index (χ0n) is 10.8. The van der Waals surface area contributed by atoms with Gasteiger partial charge < -0.3 is 20.5 Å². The summed E-state index contributed by atoms with van der Waals surface area (Å²) in [5.74, 6) is 1.46. The van der Waals surface area contributed by atoms with E-state index in [4.69, 9.17) is 9.84 Å². The Labute approximate surface area is 115 Å². The molecule has 0 amide bonds. The molecule has 6 nitrogen and oxygen atoms in total. The molecule has 0 aliphatic carbocycles. The van der Waals surface area contributed by atoms with Gasteiger partial charge in [0.15, 0.2) is 0 Å². The summed E-state index contributed by atoms with van der Waals surface area (Å²) in [6.07, 6.45) is 0.866. The predicted octanol–water partition coefficient (Wildman–Crippen LogP) is 1.54. The van der Waals surface area contributed by atoms with Crippen LogP contribution in [0, 0.1) is 0 Å². The first-order valence-electron chi connectivity index (χ1n) is 6.20. The van der Waals surface area contributed by atoms with Gasteiger partial charge in [-0.05, 0) is 17.9 Å². The molecular formula is C12H18N4O2S. The Kier molecular flexibility index (Phi) is 5.31. The maximum absolute atomic E-state index is 8.59. The summed E-state index contributed by atoms with van der Waals surface area (Å²) < 4.78 is 5.21. The average Bonchev–Trinajstić information content (AvgIpc) is 2.90. The topological polar surface area (TPSA) is 79.3 Å². The number of ether oxygens (including phenoxy) is 1. The fraction of sp³-hybridized carbons (Fsp3) is 0.500. The number of aliphatic hydroxyl groups excluding tert-OH is 1. The quantitative estimate of drug-likeness (QED) is 0.637. The van der Waals surface area contributed by atoms with E-state index >= 15 is 0 Å². The first-order chi connectivity index (χ1) is 9.35. The van der Waals surface area contributed by atoms with E-state index in [9.17, 15) is 0 Å². The molecule has 2 aromatic heterocycles. The van der Waals surface area contributed by atoms with E-state index in [1.165, 1.54) is 0 Å². The molecule has 0 spiro atoms. The van der Waals surface area contributed by atoms with Crippen molar-refractivity contribution in [3.8, 4) is 0 Å². The summed E-state index contributed by atoms with van der Waals surface area (Å²) >= 11 is 1.60. The summed E-state index contributed by atoms with van der Waals surface area (Å²) in [6.45, 7) is 1.87. The molecule has 7 heteroatoms. The van der Waals surface area contributed by atoms with Gasteiger partial charge in [0.25, 0.3) is 0 Å². The van der Waals surface area contributed by atoms with Gasteiger partial charge in [-0.15, -0.1) is 11.3 Å². The first-order valence-corrected chi connectivity index (χ1v) is 7.08. The van der Waals surface area contributed by atoms with Gasteiger partial charge in [0.2, 0.25) is 5.95 Å². The molecule has 0 unspecified atom stereocenters. The van der Waals surface area contributed by atoms with E-state index in [2.05, 4.69) is 20.6 Å². The number of aromatic nitrogens is 2. The normalized spacial score (nSPS) is 10.8. The minimum absolute atomic E-state index is 0.0698. The lowest BCUT2D eigenvalue weighted by atomic mass is 10.3. The summed E-state index contributed by atoms with van der Waals surface area (Å²) in [6, 6.07) is 2.02. The third kappa shape index (κ3) is 3.76. The van der Waals surface area contributed by atoms with Crippen LogP contribution in [0.1, 0.15) is 6.42 Å². The Balaban J connectivity index is 1.93. The molecule has 0 aliphatic rings. The number of aliphatic hydroxyl groups is 1. The van der Waals surface area contributed by atoms with Crippen LogP contribution < -0.4 is 10.6 Å². The zero-order chi connectivity index (χ0) is 13.5. The van der Waals surface area contributed by atoms with Crippen molar-refractivity contribution in [2.45, 2.75) is 6.42 Å². The molecule has 104 valence electrons. The number of thiophene rings is 1. The average molecular weight is 282 g/mol. The van der Waals surface area contributed by atoms with Crippen LogP contribution in [0.5, 0.6) is 0 Å². The molecule has 0 aliphatic heterocycles. The van der Waals surface area contributed by atoms with Crippen molar-refractivity contribution < 1.29 is 9.84 Å². The molecule has 0 fully saturated rings. The van der Waals surface area contributed by atoms with E-state index in [0.29, 0.717) is 19.2 Å². The second-order valence-electron chi connectivity index (χ2n) is 3.90. The smallest absolute Gasteiger partial charge is 0.225 e. The largest absolute Gasteiger partial charge is 0.394 e. The van der Waals surface area contributed by atoms with E-state index < -0.39 is 0 Å². The molecule has 0 bridgehead atoms. The summed E-state index contributed by atoms with van der Waals surface area (Å²) in [7, 11) is 1.81. The molecule has 3 N–H and O–H groups in total. The van der Waals surface area contributed by atoms with Crippen LogP contribution in [-0.2, 0) is 4.74 Å². The van der Waals surface area contributed by atoms with Gasteiger partial charge in [-0.25, -0.2) is 4.98 Å². The predicted molar refractivity (Wildman–Crippen MR) is 78.0 cm³/mol. The molecular weight excluding hydrogens is 264 g/mol. The maximum Gasteiger partial charge on any atom is 0.225 e. The number of hydrogen-bond acceptors (Lipinski definition) is 7. The van der Waals surface area contributed by atoms with Gasteiger partial charge in [0, 0.05) is 20.2 Å². The Morgan fingerprint density at radius 3 is 3.05 bits per heavy atom. The van der Waals surface area contributed by atoms with Gasteiger partial charge in [-0.2, -0.15) is 4.98 Å². The van der Waals surface area contributed by atoms with Gasteiger partial charge in [0.1, 0.15) is 10.6 Å². The Morgan fingerprint density at radius 2 is 2.26 bits per heavy atom. The Bertz CT molecular complexity index is 517. The van der Waals surface area contributed by atoms with Gasteiger partial charge in [0.05, 0.1) is 18.6 Å². The van der Waals surface area contributed by atoms with E-state index in [0.717, 1.165) is 29.0 Å². The van der Waals surface area contributed by atoms with Crippen LogP contribution in [0.3, 0.4) is 0 Å². The lowest BCUT2D eigenvalue weighted by Gasteiger charge is -2.08. The standard InChI is InChI=1S/C12H18N4O2S/c1-13-12-15-10(9-3-8-19-11(9)16-12)14-4-2-6-18-7-5-17/h3,8,17H,2,4-7H2,1H3,(H2,13,14,15,16). The van der Waals surface area contributed by atoms with Crippen molar-refractivity contribution in [3.63, 3.8) is 0 Å². The summed E-state index contributed by atoms with van der Waals surface area (Å²) in [4.78, 5) is 9.78. The minimum atomic E-state index is 0.0698.